The number of thiophene rings is 1. The molecule has 4 rings (SSSR count). The zero-order valence-corrected chi connectivity index (χ0v) is 17.5. The van der Waals surface area contributed by atoms with E-state index in [4.69, 9.17) is 14.7 Å². The van der Waals surface area contributed by atoms with E-state index >= 15 is 0 Å². The van der Waals surface area contributed by atoms with Crippen LogP contribution in [0.4, 0.5) is 11.4 Å². The summed E-state index contributed by atoms with van der Waals surface area (Å²) in [7, 11) is 3.07. The van der Waals surface area contributed by atoms with Crippen LogP contribution in [0.5, 0.6) is 11.5 Å². The lowest BCUT2D eigenvalue weighted by Crippen LogP contribution is -2.32. The summed E-state index contributed by atoms with van der Waals surface area (Å²) in [6.07, 6.45) is 0. The third-order valence-electron chi connectivity index (χ3n) is 4.73. The summed E-state index contributed by atoms with van der Waals surface area (Å²) in [5.41, 5.74) is 1.82. The number of hydrogen-bond donors (Lipinski definition) is 1. The van der Waals surface area contributed by atoms with Crippen molar-refractivity contribution in [3.63, 3.8) is 0 Å². The van der Waals surface area contributed by atoms with Crippen LogP contribution in [-0.4, -0.2) is 26.0 Å². The number of amides is 2. The van der Waals surface area contributed by atoms with Crippen LogP contribution in [0.2, 0.25) is 0 Å². The van der Waals surface area contributed by atoms with E-state index in [2.05, 4.69) is 5.32 Å². The lowest BCUT2D eigenvalue weighted by atomic mass is 10.1. The van der Waals surface area contributed by atoms with Gasteiger partial charge in [-0.1, -0.05) is 6.07 Å². The number of ether oxygens (including phenoxy) is 2. The number of nitriles is 1. The third kappa shape index (κ3) is 3.74. The predicted molar refractivity (Wildman–Crippen MR) is 118 cm³/mol. The molecule has 1 aromatic heterocycles. The van der Waals surface area contributed by atoms with Gasteiger partial charge in [-0.15, -0.1) is 11.3 Å². The molecule has 1 aliphatic rings. The van der Waals surface area contributed by atoms with Gasteiger partial charge in [0.15, 0.2) is 0 Å². The third-order valence-corrected chi connectivity index (χ3v) is 5.61. The Labute approximate surface area is 182 Å². The Hall–Kier alpha value is -4.09. The standard InChI is InChI=1S/C23H17N3O4S/c1-29-17-10-15(11-18(12-17)30-2)25-21-20(19-4-3-9-31-19)22(27)26(23(21)28)16-7-5-14(13-24)6-8-16/h3-12,25H,1-2H3. The van der Waals surface area contributed by atoms with Gasteiger partial charge in [0.2, 0.25) is 0 Å². The lowest BCUT2D eigenvalue weighted by molar-refractivity contribution is -0.120. The van der Waals surface area contributed by atoms with Crippen LogP contribution < -0.4 is 19.7 Å². The Kier molecular flexibility index (Phi) is 5.43. The van der Waals surface area contributed by atoms with Crippen molar-refractivity contribution in [2.45, 2.75) is 0 Å². The van der Waals surface area contributed by atoms with Gasteiger partial charge in [-0.2, -0.15) is 5.26 Å². The number of rotatable bonds is 6. The van der Waals surface area contributed by atoms with E-state index in [0.29, 0.717) is 33.3 Å². The van der Waals surface area contributed by atoms with Gasteiger partial charge in [-0.25, -0.2) is 4.90 Å². The van der Waals surface area contributed by atoms with E-state index in [9.17, 15) is 9.59 Å². The normalized spacial score (nSPS) is 13.4. The van der Waals surface area contributed by atoms with Crippen LogP contribution in [0, 0.1) is 11.3 Å². The predicted octanol–water partition coefficient (Wildman–Crippen LogP) is 4.03. The van der Waals surface area contributed by atoms with Gasteiger partial charge in [0.25, 0.3) is 11.8 Å². The van der Waals surface area contributed by atoms with E-state index in [0.717, 1.165) is 4.90 Å². The van der Waals surface area contributed by atoms with Crippen molar-refractivity contribution >= 4 is 40.1 Å². The zero-order valence-electron chi connectivity index (χ0n) is 16.7. The number of carbonyl (C=O) groups excluding carboxylic acids is 2. The van der Waals surface area contributed by atoms with Crippen LogP contribution in [0.25, 0.3) is 5.57 Å². The molecule has 0 atom stereocenters. The largest absolute Gasteiger partial charge is 0.497 e. The first kappa shape index (κ1) is 20.2. The maximum atomic E-state index is 13.4. The van der Waals surface area contributed by atoms with Crippen molar-refractivity contribution in [1.82, 2.24) is 0 Å². The van der Waals surface area contributed by atoms with Crippen molar-refractivity contribution < 1.29 is 19.1 Å². The van der Waals surface area contributed by atoms with Crippen molar-refractivity contribution in [2.24, 2.45) is 0 Å². The maximum absolute atomic E-state index is 13.4. The minimum atomic E-state index is -0.486. The summed E-state index contributed by atoms with van der Waals surface area (Å²) in [5, 5.41) is 14.0. The summed E-state index contributed by atoms with van der Waals surface area (Å²) in [6.45, 7) is 0. The van der Waals surface area contributed by atoms with Gasteiger partial charge in [0.1, 0.15) is 17.2 Å². The first-order chi connectivity index (χ1) is 15.0. The second-order valence-corrected chi connectivity index (χ2v) is 7.51. The van der Waals surface area contributed by atoms with Gasteiger partial charge < -0.3 is 14.8 Å². The molecular weight excluding hydrogens is 414 g/mol. The second-order valence-electron chi connectivity index (χ2n) is 6.56. The zero-order chi connectivity index (χ0) is 22.0. The van der Waals surface area contributed by atoms with Gasteiger partial charge in [-0.3, -0.25) is 9.59 Å². The molecule has 7 nitrogen and oxygen atoms in total. The Balaban J connectivity index is 1.78. The molecule has 0 bridgehead atoms. The molecular formula is C23H17N3O4S. The number of nitrogens with one attached hydrogen (secondary N) is 1. The minimum Gasteiger partial charge on any atom is -0.497 e. The summed E-state index contributed by atoms with van der Waals surface area (Å²) in [5.74, 6) is 0.163. The first-order valence-electron chi connectivity index (χ1n) is 9.23. The van der Waals surface area contributed by atoms with Gasteiger partial charge >= 0.3 is 0 Å². The van der Waals surface area contributed by atoms with Crippen molar-refractivity contribution in [3.05, 3.63) is 76.1 Å². The highest BCUT2D eigenvalue weighted by atomic mass is 32.1. The van der Waals surface area contributed by atoms with Gasteiger partial charge in [-0.05, 0) is 35.7 Å². The van der Waals surface area contributed by atoms with E-state index in [-0.39, 0.29) is 11.3 Å². The molecule has 0 radical (unpaired) electrons. The van der Waals surface area contributed by atoms with Crippen LogP contribution in [0.3, 0.4) is 0 Å². The Morgan fingerprint density at radius 2 is 1.65 bits per heavy atom. The molecule has 0 unspecified atom stereocenters. The van der Waals surface area contributed by atoms with Gasteiger partial charge in [0.05, 0.1) is 37.1 Å². The molecule has 154 valence electrons. The van der Waals surface area contributed by atoms with Crippen LogP contribution in [-0.2, 0) is 9.59 Å². The molecule has 0 aliphatic carbocycles. The smallest absolute Gasteiger partial charge is 0.282 e. The molecule has 2 amide bonds. The molecule has 8 heteroatoms. The molecule has 2 heterocycles. The molecule has 31 heavy (non-hydrogen) atoms. The SMILES string of the molecule is COc1cc(NC2=C(c3cccs3)C(=O)N(c3ccc(C#N)cc3)C2=O)cc(OC)c1. The lowest BCUT2D eigenvalue weighted by Gasteiger charge is -2.15. The van der Waals surface area contributed by atoms with Crippen molar-refractivity contribution in [1.29, 1.82) is 5.26 Å². The highest BCUT2D eigenvalue weighted by Crippen LogP contribution is 2.36. The number of methoxy groups -OCH3 is 2. The maximum Gasteiger partial charge on any atom is 0.282 e. The first-order valence-corrected chi connectivity index (χ1v) is 10.1. The fourth-order valence-corrected chi connectivity index (χ4v) is 4.01. The molecule has 0 spiro atoms. The summed E-state index contributed by atoms with van der Waals surface area (Å²) in [6, 6.07) is 17.1. The topological polar surface area (TPSA) is 91.7 Å². The van der Waals surface area contributed by atoms with Crippen molar-refractivity contribution in [3.8, 4) is 17.6 Å². The molecule has 0 saturated heterocycles. The quantitative estimate of drug-likeness (QED) is 0.593. The average Bonchev–Trinajstić information content (AvgIpc) is 3.40. The van der Waals surface area contributed by atoms with E-state index in [1.807, 2.05) is 17.5 Å². The second kappa shape index (κ2) is 8.34. The number of anilines is 2. The Morgan fingerprint density at radius 3 is 2.19 bits per heavy atom. The Morgan fingerprint density at radius 1 is 0.968 bits per heavy atom. The summed E-state index contributed by atoms with van der Waals surface area (Å²) in [4.78, 5) is 28.4. The van der Waals surface area contributed by atoms with Crippen LogP contribution in [0.1, 0.15) is 10.4 Å². The highest BCUT2D eigenvalue weighted by molar-refractivity contribution is 7.11. The average molecular weight is 431 g/mol. The van der Waals surface area contributed by atoms with Crippen molar-refractivity contribution in [2.75, 3.05) is 24.4 Å². The highest BCUT2D eigenvalue weighted by Gasteiger charge is 2.40. The van der Waals surface area contributed by atoms with E-state index < -0.39 is 11.8 Å². The Bertz CT molecular complexity index is 1200. The molecule has 2 aromatic carbocycles. The fourth-order valence-electron chi connectivity index (χ4n) is 3.24. The molecule has 1 aliphatic heterocycles. The van der Waals surface area contributed by atoms with E-state index in [1.165, 1.54) is 25.6 Å². The van der Waals surface area contributed by atoms with E-state index in [1.54, 1.807) is 48.5 Å². The van der Waals surface area contributed by atoms with Gasteiger partial charge in [0, 0.05) is 28.8 Å². The number of nitrogens with zero attached hydrogens (tertiary/aromatic N) is 2. The molecule has 3 aromatic rings. The number of benzene rings is 2. The number of carbonyl (C=O) groups is 2. The number of imide groups is 1. The summed E-state index contributed by atoms with van der Waals surface area (Å²) >= 11 is 1.37. The monoisotopic (exact) mass is 431 g/mol. The van der Waals surface area contributed by atoms with Crippen LogP contribution >= 0.6 is 11.3 Å². The summed E-state index contributed by atoms with van der Waals surface area (Å²) < 4.78 is 10.6. The van der Waals surface area contributed by atoms with Crippen LogP contribution in [0.15, 0.2) is 65.7 Å². The molecule has 0 fully saturated rings. The molecule has 0 saturated carbocycles. The number of hydrogen-bond acceptors (Lipinski definition) is 7. The minimum absolute atomic E-state index is 0.159. The fraction of sp³-hybridized carbons (Fsp3) is 0.0870. The molecule has 1 N–H and O–H groups in total.